The molecule has 7 rings (SSSR count). The number of aromatic nitrogens is 4. The second kappa shape index (κ2) is 12.3. The third-order valence-electron chi connectivity index (χ3n) is 8.29. The molecule has 2 amide bonds. The summed E-state index contributed by atoms with van der Waals surface area (Å²) in [6.45, 7) is 2.37. The standard InChI is InChI=1S/C34H30BrClN6O4/c1-21-19-40-30(20-39(21)33(44)22-7-14-27(35)28(36)17-22)31(42(34(40)45)24-8-10-25(11-9-24)46-26-12-13-26)32(43)37-18-23-5-2-3-6-29(23)41-16-4-15-38-41/h2-11,14-17,21,26H,12-13,18-20H2,1H3,(H,37,43)/t21-/m1/s1. The highest BCUT2D eigenvalue weighted by Crippen LogP contribution is 2.30. The molecule has 12 heteroatoms. The van der Waals surface area contributed by atoms with Crippen LogP contribution in [-0.2, 0) is 19.6 Å². The zero-order valence-electron chi connectivity index (χ0n) is 24.9. The number of carbonyl (C=O) groups excluding carboxylic acids is 2. The van der Waals surface area contributed by atoms with Gasteiger partial charge in [0.05, 0.1) is 34.7 Å². The number of hydrogen-bond donors (Lipinski definition) is 1. The van der Waals surface area contributed by atoms with Crippen molar-refractivity contribution in [2.75, 3.05) is 0 Å². The number of carbonyl (C=O) groups is 2. The van der Waals surface area contributed by atoms with Gasteiger partial charge in [0.15, 0.2) is 0 Å². The lowest BCUT2D eigenvalue weighted by molar-refractivity contribution is 0.0610. The van der Waals surface area contributed by atoms with Gasteiger partial charge in [-0.05, 0) is 95.9 Å². The molecule has 234 valence electrons. The maximum atomic E-state index is 14.2. The summed E-state index contributed by atoms with van der Waals surface area (Å²) in [6, 6.07) is 21.4. The van der Waals surface area contributed by atoms with E-state index in [0.717, 1.165) is 24.1 Å². The topological polar surface area (TPSA) is 103 Å². The summed E-state index contributed by atoms with van der Waals surface area (Å²) in [7, 11) is 0. The van der Waals surface area contributed by atoms with E-state index in [2.05, 4.69) is 26.3 Å². The Hall–Kier alpha value is -4.61. The molecule has 1 saturated carbocycles. The Bertz CT molecular complexity index is 2000. The van der Waals surface area contributed by atoms with Crippen LogP contribution in [0.15, 0.2) is 94.5 Å². The molecular weight excluding hydrogens is 672 g/mol. The van der Waals surface area contributed by atoms with Gasteiger partial charge in [0, 0.05) is 41.6 Å². The smallest absolute Gasteiger partial charge is 0.333 e. The van der Waals surface area contributed by atoms with Crippen LogP contribution < -0.4 is 15.7 Å². The van der Waals surface area contributed by atoms with E-state index in [1.54, 1.807) is 50.7 Å². The van der Waals surface area contributed by atoms with E-state index in [4.69, 9.17) is 16.3 Å². The van der Waals surface area contributed by atoms with Gasteiger partial charge in [-0.3, -0.25) is 18.7 Å². The molecule has 0 unspecified atom stereocenters. The predicted octanol–water partition coefficient (Wildman–Crippen LogP) is 5.76. The van der Waals surface area contributed by atoms with Crippen molar-refractivity contribution in [1.29, 1.82) is 0 Å². The lowest BCUT2D eigenvalue weighted by atomic mass is 10.1. The summed E-state index contributed by atoms with van der Waals surface area (Å²) in [5.74, 6) is 0.0329. The summed E-state index contributed by atoms with van der Waals surface area (Å²) in [6.07, 6.45) is 5.82. The van der Waals surface area contributed by atoms with Crippen LogP contribution in [0.25, 0.3) is 11.4 Å². The number of amides is 2. The average molecular weight is 702 g/mol. The Kier molecular flexibility index (Phi) is 8.04. The molecule has 0 saturated heterocycles. The molecule has 2 aliphatic rings. The van der Waals surface area contributed by atoms with Gasteiger partial charge in [-0.1, -0.05) is 29.8 Å². The third-order valence-corrected chi connectivity index (χ3v) is 9.52. The van der Waals surface area contributed by atoms with Crippen molar-refractivity contribution in [2.24, 2.45) is 0 Å². The number of imidazole rings is 1. The molecule has 10 nitrogen and oxygen atoms in total. The number of rotatable bonds is 8. The molecule has 0 bridgehead atoms. The molecule has 46 heavy (non-hydrogen) atoms. The zero-order valence-corrected chi connectivity index (χ0v) is 27.2. The lowest BCUT2D eigenvalue weighted by Gasteiger charge is -2.34. The van der Waals surface area contributed by atoms with E-state index in [9.17, 15) is 14.4 Å². The van der Waals surface area contributed by atoms with Crippen LogP contribution in [-0.4, -0.2) is 47.8 Å². The SMILES string of the molecule is C[C@@H]1Cn2c(c(C(=O)NCc3ccccc3-n3cccn3)n(-c3ccc(OC4CC4)cc3)c2=O)CN1C(=O)c1ccc(Br)c(Cl)c1. The molecule has 1 N–H and O–H groups in total. The van der Waals surface area contributed by atoms with Crippen LogP contribution in [0.1, 0.15) is 51.9 Å². The number of nitrogens with zero attached hydrogens (tertiary/aromatic N) is 5. The molecule has 1 fully saturated rings. The lowest BCUT2D eigenvalue weighted by Crippen LogP contribution is -2.47. The Balaban J connectivity index is 1.26. The number of ether oxygens (including phenoxy) is 1. The summed E-state index contributed by atoms with van der Waals surface area (Å²) in [4.78, 5) is 43.6. The Morgan fingerprint density at radius 3 is 2.57 bits per heavy atom. The monoisotopic (exact) mass is 700 g/mol. The molecular formula is C34H30BrClN6O4. The van der Waals surface area contributed by atoms with Crippen molar-refractivity contribution >= 4 is 39.3 Å². The van der Waals surface area contributed by atoms with Crippen LogP contribution >= 0.6 is 27.5 Å². The van der Waals surface area contributed by atoms with E-state index < -0.39 is 5.91 Å². The highest BCUT2D eigenvalue weighted by molar-refractivity contribution is 9.10. The van der Waals surface area contributed by atoms with Crippen LogP contribution in [0.2, 0.25) is 5.02 Å². The Morgan fingerprint density at radius 1 is 1.07 bits per heavy atom. The molecule has 5 aromatic rings. The number of halogens is 2. The van der Waals surface area contributed by atoms with Crippen LogP contribution in [0.4, 0.5) is 0 Å². The number of para-hydroxylation sites is 1. The van der Waals surface area contributed by atoms with Crippen LogP contribution in [0.5, 0.6) is 5.75 Å². The Labute approximate surface area is 278 Å². The summed E-state index contributed by atoms with van der Waals surface area (Å²) >= 11 is 9.69. The molecule has 0 spiro atoms. The highest BCUT2D eigenvalue weighted by Gasteiger charge is 2.35. The average Bonchev–Trinajstić information content (AvgIpc) is 3.61. The van der Waals surface area contributed by atoms with Crippen LogP contribution in [0.3, 0.4) is 0 Å². The van der Waals surface area contributed by atoms with Gasteiger partial charge in [0.1, 0.15) is 11.4 Å². The normalized spacial score (nSPS) is 15.8. The van der Waals surface area contributed by atoms with Crippen molar-refractivity contribution in [1.82, 2.24) is 29.1 Å². The maximum absolute atomic E-state index is 14.2. The fraction of sp³-hybridized carbons (Fsp3) is 0.235. The van der Waals surface area contributed by atoms with Gasteiger partial charge in [0.2, 0.25) is 0 Å². The second-order valence-electron chi connectivity index (χ2n) is 11.5. The number of fused-ring (bicyclic) bond motifs is 1. The number of benzene rings is 3. The fourth-order valence-electron chi connectivity index (χ4n) is 5.76. The Morgan fingerprint density at radius 2 is 1.85 bits per heavy atom. The second-order valence-corrected chi connectivity index (χ2v) is 12.8. The zero-order chi connectivity index (χ0) is 31.9. The van der Waals surface area contributed by atoms with E-state index >= 15 is 0 Å². The first kappa shape index (κ1) is 30.1. The fourth-order valence-corrected chi connectivity index (χ4v) is 6.19. The first-order chi connectivity index (χ1) is 22.3. The molecule has 0 radical (unpaired) electrons. The molecule has 3 aromatic carbocycles. The summed E-state index contributed by atoms with van der Waals surface area (Å²) < 4.78 is 11.4. The van der Waals surface area contributed by atoms with Crippen molar-refractivity contribution in [2.45, 2.75) is 51.5 Å². The van der Waals surface area contributed by atoms with Crippen molar-refractivity contribution in [3.8, 4) is 17.1 Å². The van der Waals surface area contributed by atoms with Gasteiger partial charge in [-0.15, -0.1) is 0 Å². The summed E-state index contributed by atoms with van der Waals surface area (Å²) in [5, 5.41) is 7.79. The van der Waals surface area contributed by atoms with Gasteiger partial charge in [-0.25, -0.2) is 9.48 Å². The minimum Gasteiger partial charge on any atom is -0.490 e. The quantitative estimate of drug-likeness (QED) is 0.222. The highest BCUT2D eigenvalue weighted by atomic mass is 79.9. The number of nitrogens with one attached hydrogen (secondary N) is 1. The molecule has 1 aliphatic carbocycles. The van der Waals surface area contributed by atoms with E-state index in [0.29, 0.717) is 32.2 Å². The minimum atomic E-state index is -0.437. The van der Waals surface area contributed by atoms with E-state index in [-0.39, 0.29) is 49.1 Å². The maximum Gasteiger partial charge on any atom is 0.333 e. The van der Waals surface area contributed by atoms with Gasteiger partial charge in [-0.2, -0.15) is 5.10 Å². The van der Waals surface area contributed by atoms with Gasteiger partial charge < -0.3 is 15.0 Å². The minimum absolute atomic E-state index is 0.0609. The van der Waals surface area contributed by atoms with E-state index in [1.165, 1.54) is 4.57 Å². The van der Waals surface area contributed by atoms with Gasteiger partial charge in [0.25, 0.3) is 11.8 Å². The number of hydrogen-bond acceptors (Lipinski definition) is 5. The van der Waals surface area contributed by atoms with Gasteiger partial charge >= 0.3 is 5.69 Å². The van der Waals surface area contributed by atoms with Crippen LogP contribution in [0, 0.1) is 0 Å². The molecule has 1 atom stereocenters. The first-order valence-corrected chi connectivity index (χ1v) is 16.2. The molecule has 1 aliphatic heterocycles. The third kappa shape index (κ3) is 5.76. The molecule has 3 heterocycles. The van der Waals surface area contributed by atoms with Crippen molar-refractivity contribution in [3.05, 3.63) is 128 Å². The summed E-state index contributed by atoms with van der Waals surface area (Å²) in [5.41, 5.74) is 2.91. The van der Waals surface area contributed by atoms with Crippen molar-refractivity contribution in [3.63, 3.8) is 0 Å². The predicted molar refractivity (Wildman–Crippen MR) is 177 cm³/mol. The van der Waals surface area contributed by atoms with Crippen molar-refractivity contribution < 1.29 is 14.3 Å². The van der Waals surface area contributed by atoms with E-state index in [1.807, 2.05) is 55.6 Å². The first-order valence-electron chi connectivity index (χ1n) is 15.0. The molecule has 2 aromatic heterocycles. The largest absolute Gasteiger partial charge is 0.490 e.